The molecule has 2 aliphatic heterocycles. The summed E-state index contributed by atoms with van der Waals surface area (Å²) in [7, 11) is 3.16. The smallest absolute Gasteiger partial charge is 0.257 e. The number of methoxy groups -OCH3 is 2. The quantitative estimate of drug-likeness (QED) is 0.813. The van der Waals surface area contributed by atoms with Crippen LogP contribution >= 0.6 is 0 Å². The highest BCUT2D eigenvalue weighted by molar-refractivity contribution is 5.97. The van der Waals surface area contributed by atoms with Gasteiger partial charge in [0.1, 0.15) is 0 Å². The van der Waals surface area contributed by atoms with Crippen molar-refractivity contribution >= 4 is 5.91 Å². The fourth-order valence-electron chi connectivity index (χ4n) is 3.77. The van der Waals surface area contributed by atoms with Gasteiger partial charge in [-0.3, -0.25) is 9.69 Å². The molecule has 25 heavy (non-hydrogen) atoms. The molecule has 1 atom stereocenters. The standard InChI is InChI=1S/C19H28N2O4/c1-23-17-7-3-6-16(18(17)24-2)19(22)21-8-4-5-15(14-21)13-20-9-11-25-12-10-20/h3,6-7,15H,4-5,8-14H2,1-2H3. The summed E-state index contributed by atoms with van der Waals surface area (Å²) in [5.74, 6) is 1.66. The van der Waals surface area contributed by atoms with Crippen molar-refractivity contribution in [1.29, 1.82) is 0 Å². The Kier molecular flexibility index (Phi) is 6.15. The molecular formula is C19H28N2O4. The number of para-hydroxylation sites is 1. The van der Waals surface area contributed by atoms with E-state index in [0.29, 0.717) is 23.0 Å². The average molecular weight is 348 g/mol. The fraction of sp³-hybridized carbons (Fsp3) is 0.632. The Bertz CT molecular complexity index is 587. The molecule has 0 N–H and O–H groups in total. The van der Waals surface area contributed by atoms with Gasteiger partial charge < -0.3 is 19.1 Å². The van der Waals surface area contributed by atoms with Gasteiger partial charge in [-0.2, -0.15) is 0 Å². The molecule has 0 aliphatic carbocycles. The van der Waals surface area contributed by atoms with Gasteiger partial charge in [0, 0.05) is 32.7 Å². The molecule has 0 aromatic heterocycles. The Morgan fingerprint density at radius 3 is 2.72 bits per heavy atom. The largest absolute Gasteiger partial charge is 0.493 e. The van der Waals surface area contributed by atoms with Crippen molar-refractivity contribution < 1.29 is 19.0 Å². The van der Waals surface area contributed by atoms with Gasteiger partial charge in [0.15, 0.2) is 11.5 Å². The molecule has 6 nitrogen and oxygen atoms in total. The second-order valence-electron chi connectivity index (χ2n) is 6.71. The Hall–Kier alpha value is -1.79. The maximum absolute atomic E-state index is 13.0. The van der Waals surface area contributed by atoms with Crippen molar-refractivity contribution in [1.82, 2.24) is 9.80 Å². The van der Waals surface area contributed by atoms with Gasteiger partial charge in [-0.05, 0) is 30.9 Å². The molecule has 1 unspecified atom stereocenters. The maximum atomic E-state index is 13.0. The molecule has 2 fully saturated rings. The summed E-state index contributed by atoms with van der Waals surface area (Å²) in [6.45, 7) is 6.27. The predicted molar refractivity (Wildman–Crippen MR) is 95.4 cm³/mol. The van der Waals surface area contributed by atoms with E-state index in [2.05, 4.69) is 4.90 Å². The molecule has 0 saturated carbocycles. The Balaban J connectivity index is 1.67. The molecule has 138 valence electrons. The minimum Gasteiger partial charge on any atom is -0.493 e. The highest BCUT2D eigenvalue weighted by Crippen LogP contribution is 2.32. The highest BCUT2D eigenvalue weighted by atomic mass is 16.5. The lowest BCUT2D eigenvalue weighted by atomic mass is 9.96. The number of benzene rings is 1. The van der Waals surface area contributed by atoms with Crippen molar-refractivity contribution in [3.05, 3.63) is 23.8 Å². The van der Waals surface area contributed by atoms with Crippen LogP contribution in [0, 0.1) is 5.92 Å². The summed E-state index contributed by atoms with van der Waals surface area (Å²) < 4.78 is 16.2. The number of likely N-dealkylation sites (tertiary alicyclic amines) is 1. The van der Waals surface area contributed by atoms with E-state index >= 15 is 0 Å². The summed E-state index contributed by atoms with van der Waals surface area (Å²) in [5.41, 5.74) is 0.578. The van der Waals surface area contributed by atoms with Gasteiger partial charge in [-0.15, -0.1) is 0 Å². The number of amides is 1. The third-order valence-electron chi connectivity index (χ3n) is 5.06. The molecular weight excluding hydrogens is 320 g/mol. The molecule has 6 heteroatoms. The van der Waals surface area contributed by atoms with Crippen molar-refractivity contribution in [2.75, 3.05) is 60.2 Å². The summed E-state index contributed by atoms with van der Waals surface area (Å²) in [4.78, 5) is 17.5. The first kappa shape index (κ1) is 18.0. The molecule has 1 aromatic rings. The van der Waals surface area contributed by atoms with Gasteiger partial charge >= 0.3 is 0 Å². The van der Waals surface area contributed by atoms with Gasteiger partial charge in [-0.25, -0.2) is 0 Å². The molecule has 0 bridgehead atoms. The van der Waals surface area contributed by atoms with Crippen LogP contribution in [0.1, 0.15) is 23.2 Å². The molecule has 3 rings (SSSR count). The number of carbonyl (C=O) groups is 1. The predicted octanol–water partition coefficient (Wildman–Crippen LogP) is 1.89. The molecule has 2 heterocycles. The van der Waals surface area contributed by atoms with Crippen LogP contribution in [0.4, 0.5) is 0 Å². The van der Waals surface area contributed by atoms with Crippen molar-refractivity contribution in [3.8, 4) is 11.5 Å². The van der Waals surface area contributed by atoms with Gasteiger partial charge in [0.2, 0.25) is 0 Å². The van der Waals surface area contributed by atoms with E-state index in [1.54, 1.807) is 14.2 Å². The van der Waals surface area contributed by atoms with Crippen LogP contribution < -0.4 is 9.47 Å². The zero-order valence-corrected chi connectivity index (χ0v) is 15.2. The lowest BCUT2D eigenvalue weighted by Gasteiger charge is -2.37. The van der Waals surface area contributed by atoms with Crippen molar-refractivity contribution in [3.63, 3.8) is 0 Å². The number of morpholine rings is 1. The zero-order valence-electron chi connectivity index (χ0n) is 15.2. The zero-order chi connectivity index (χ0) is 17.6. The van der Waals surface area contributed by atoms with Crippen molar-refractivity contribution in [2.45, 2.75) is 12.8 Å². The SMILES string of the molecule is COc1cccc(C(=O)N2CCCC(CN3CCOCC3)C2)c1OC. The van der Waals surface area contributed by atoms with Gasteiger partial charge in [-0.1, -0.05) is 6.07 Å². The number of rotatable bonds is 5. The molecule has 1 aromatic carbocycles. The van der Waals surface area contributed by atoms with Crippen LogP contribution in [0.5, 0.6) is 11.5 Å². The molecule has 0 spiro atoms. The summed E-state index contributed by atoms with van der Waals surface area (Å²) in [6.07, 6.45) is 2.23. The first-order valence-corrected chi connectivity index (χ1v) is 9.03. The monoisotopic (exact) mass is 348 g/mol. The third-order valence-corrected chi connectivity index (χ3v) is 5.06. The topological polar surface area (TPSA) is 51.2 Å². The number of ether oxygens (including phenoxy) is 3. The number of hydrogen-bond acceptors (Lipinski definition) is 5. The van der Waals surface area contributed by atoms with Gasteiger partial charge in [0.05, 0.1) is 33.0 Å². The summed E-state index contributed by atoms with van der Waals surface area (Å²) in [6, 6.07) is 5.46. The lowest BCUT2D eigenvalue weighted by Crippen LogP contribution is -2.46. The van der Waals surface area contributed by atoms with Crippen LogP contribution in [0.3, 0.4) is 0 Å². The van der Waals surface area contributed by atoms with Gasteiger partial charge in [0.25, 0.3) is 5.91 Å². The first-order chi connectivity index (χ1) is 12.2. The van der Waals surface area contributed by atoms with E-state index in [9.17, 15) is 4.79 Å². The maximum Gasteiger partial charge on any atom is 0.257 e. The van der Waals surface area contributed by atoms with Crippen LogP contribution in [-0.2, 0) is 4.74 Å². The molecule has 2 aliphatic rings. The minimum absolute atomic E-state index is 0.0300. The number of hydrogen-bond donors (Lipinski definition) is 0. The third kappa shape index (κ3) is 4.25. The lowest BCUT2D eigenvalue weighted by molar-refractivity contribution is 0.0223. The highest BCUT2D eigenvalue weighted by Gasteiger charge is 2.28. The number of piperidine rings is 1. The van der Waals surface area contributed by atoms with E-state index in [4.69, 9.17) is 14.2 Å². The summed E-state index contributed by atoms with van der Waals surface area (Å²) in [5, 5.41) is 0. The van der Waals surface area contributed by atoms with Crippen LogP contribution in [-0.4, -0.2) is 75.9 Å². The Morgan fingerprint density at radius 1 is 1.20 bits per heavy atom. The fourth-order valence-corrected chi connectivity index (χ4v) is 3.77. The number of nitrogens with zero attached hydrogens (tertiary/aromatic N) is 2. The van der Waals surface area contributed by atoms with E-state index in [0.717, 1.165) is 52.4 Å². The van der Waals surface area contributed by atoms with E-state index in [-0.39, 0.29) is 5.91 Å². The van der Waals surface area contributed by atoms with Crippen LogP contribution in [0.2, 0.25) is 0 Å². The molecule has 1 amide bonds. The number of carbonyl (C=O) groups excluding carboxylic acids is 1. The van der Waals surface area contributed by atoms with E-state index < -0.39 is 0 Å². The van der Waals surface area contributed by atoms with E-state index in [1.807, 2.05) is 23.1 Å². The van der Waals surface area contributed by atoms with Crippen LogP contribution in [0.15, 0.2) is 18.2 Å². The second-order valence-corrected chi connectivity index (χ2v) is 6.71. The first-order valence-electron chi connectivity index (χ1n) is 9.03. The average Bonchev–Trinajstić information content (AvgIpc) is 2.67. The van der Waals surface area contributed by atoms with Crippen molar-refractivity contribution in [2.24, 2.45) is 5.92 Å². The Labute approximate surface area is 149 Å². The summed E-state index contributed by atoms with van der Waals surface area (Å²) >= 11 is 0. The van der Waals surface area contributed by atoms with E-state index in [1.165, 1.54) is 6.42 Å². The molecule has 2 saturated heterocycles. The second kappa shape index (κ2) is 8.54. The molecule has 0 radical (unpaired) electrons. The normalized spacial score (nSPS) is 21.8. The van der Waals surface area contributed by atoms with Crippen LogP contribution in [0.25, 0.3) is 0 Å². The minimum atomic E-state index is 0.0300. The Morgan fingerprint density at radius 2 is 2.00 bits per heavy atom.